The Morgan fingerprint density at radius 1 is 1.33 bits per heavy atom. The van der Waals surface area contributed by atoms with Crippen molar-refractivity contribution in [3.8, 4) is 0 Å². The molecule has 0 fully saturated rings. The van der Waals surface area contributed by atoms with Gasteiger partial charge in [0.05, 0.1) is 6.04 Å². The van der Waals surface area contributed by atoms with Crippen LogP contribution in [-0.2, 0) is 19.0 Å². The van der Waals surface area contributed by atoms with Crippen molar-refractivity contribution in [2.45, 2.75) is 32.2 Å². The maximum Gasteiger partial charge on any atom is 0.338 e. The summed E-state index contributed by atoms with van der Waals surface area (Å²) in [5.74, 6) is 0.807. The largest absolute Gasteiger partial charge is 0.424 e. The van der Waals surface area contributed by atoms with Gasteiger partial charge < -0.3 is 19.1 Å². The number of nitrogens with zero attached hydrogens (tertiary/aromatic N) is 2. The van der Waals surface area contributed by atoms with Gasteiger partial charge in [-0.25, -0.2) is 4.79 Å². The molecule has 2 unspecified atom stereocenters. The van der Waals surface area contributed by atoms with E-state index in [4.69, 9.17) is 14.2 Å². The first kappa shape index (κ1) is 14.0. The van der Waals surface area contributed by atoms with Gasteiger partial charge in [-0.1, -0.05) is 6.08 Å². The molecule has 0 N–H and O–H groups in total. The minimum atomic E-state index is -0.654. The van der Waals surface area contributed by atoms with Gasteiger partial charge in [-0.2, -0.15) is 0 Å². The maximum atomic E-state index is 12.2. The zero-order valence-corrected chi connectivity index (χ0v) is 12.1. The van der Waals surface area contributed by atoms with Crippen molar-refractivity contribution in [3.05, 3.63) is 36.3 Å². The summed E-state index contributed by atoms with van der Waals surface area (Å²) in [6.07, 6.45) is 8.80. The minimum absolute atomic E-state index is 0.180. The second-order valence-electron chi connectivity index (χ2n) is 4.76. The number of amidine groups is 1. The van der Waals surface area contributed by atoms with Crippen LogP contribution < -0.4 is 0 Å². The molecule has 0 aromatic rings. The Balaban J connectivity index is 1.87. The predicted molar refractivity (Wildman–Crippen MR) is 76.3 cm³/mol. The molecule has 0 aromatic heterocycles. The normalized spacial score (nSPS) is 26.4. The molecule has 3 aliphatic heterocycles. The first-order valence-corrected chi connectivity index (χ1v) is 7.12. The lowest BCUT2D eigenvalue weighted by Crippen LogP contribution is -2.43. The standard InChI is InChI=1S/C15H18N2O4/c1-3-19-15(20-4-2)11-9-10-13(14(18)21-11)16-12-7-5-6-8-17(10)12/h5-10,13,15H,3-4H2,1-2H3. The number of aliphatic imine (C=N–C) groups is 1. The molecule has 0 aromatic carbocycles. The van der Waals surface area contributed by atoms with Crippen molar-refractivity contribution >= 4 is 11.8 Å². The van der Waals surface area contributed by atoms with Gasteiger partial charge in [-0.15, -0.1) is 0 Å². The summed E-state index contributed by atoms with van der Waals surface area (Å²) in [6, 6.07) is -0.707. The van der Waals surface area contributed by atoms with Crippen molar-refractivity contribution in [2.75, 3.05) is 13.2 Å². The summed E-state index contributed by atoms with van der Waals surface area (Å²) in [6.45, 7) is 4.69. The molecule has 0 amide bonds. The van der Waals surface area contributed by atoms with E-state index in [9.17, 15) is 4.79 Å². The molecular formula is C15H18N2O4. The molecule has 3 rings (SSSR count). The molecule has 3 aliphatic rings. The van der Waals surface area contributed by atoms with E-state index in [2.05, 4.69) is 4.99 Å². The molecule has 0 bridgehead atoms. The Kier molecular flexibility index (Phi) is 3.90. The van der Waals surface area contributed by atoms with Gasteiger partial charge in [-0.05, 0) is 32.1 Å². The molecule has 2 atom stereocenters. The SMILES string of the molecule is CCOC(OCC)C1=CC2C(N=C3C=CC=CN32)C(=O)O1. The van der Waals surface area contributed by atoms with Crippen LogP contribution >= 0.6 is 0 Å². The van der Waals surface area contributed by atoms with Gasteiger partial charge in [0.15, 0.2) is 11.8 Å². The summed E-state index contributed by atoms with van der Waals surface area (Å²) < 4.78 is 16.4. The molecule has 0 saturated carbocycles. The van der Waals surface area contributed by atoms with E-state index in [1.54, 1.807) is 0 Å². The maximum absolute atomic E-state index is 12.2. The predicted octanol–water partition coefficient (Wildman–Crippen LogP) is 1.36. The Bertz CT molecular complexity index is 544. The zero-order valence-electron chi connectivity index (χ0n) is 12.1. The van der Waals surface area contributed by atoms with Gasteiger partial charge in [0.2, 0.25) is 6.29 Å². The van der Waals surface area contributed by atoms with E-state index in [0.717, 1.165) is 5.84 Å². The second-order valence-corrected chi connectivity index (χ2v) is 4.76. The van der Waals surface area contributed by atoms with Gasteiger partial charge in [0, 0.05) is 19.4 Å². The quantitative estimate of drug-likeness (QED) is 0.565. The number of rotatable bonds is 5. The molecule has 6 heteroatoms. The number of hydrogen-bond donors (Lipinski definition) is 0. The summed E-state index contributed by atoms with van der Waals surface area (Å²) in [5, 5.41) is 0. The highest BCUT2D eigenvalue weighted by Gasteiger charge is 2.44. The Labute approximate surface area is 123 Å². The van der Waals surface area contributed by atoms with Crippen molar-refractivity contribution in [3.63, 3.8) is 0 Å². The fourth-order valence-corrected chi connectivity index (χ4v) is 2.56. The highest BCUT2D eigenvalue weighted by Crippen LogP contribution is 2.30. The van der Waals surface area contributed by atoms with Crippen LogP contribution in [0.1, 0.15) is 13.8 Å². The van der Waals surface area contributed by atoms with Gasteiger partial charge in [-0.3, -0.25) is 4.99 Å². The average molecular weight is 290 g/mol. The Hall–Kier alpha value is -1.92. The molecule has 0 saturated heterocycles. The van der Waals surface area contributed by atoms with E-state index in [1.165, 1.54) is 0 Å². The number of fused-ring (bicyclic) bond motifs is 3. The third-order valence-electron chi connectivity index (χ3n) is 3.45. The number of carbonyl (C=O) groups is 1. The van der Waals surface area contributed by atoms with Crippen LogP contribution in [0.5, 0.6) is 0 Å². The number of hydrogen-bond acceptors (Lipinski definition) is 6. The summed E-state index contributed by atoms with van der Waals surface area (Å²) in [5.41, 5.74) is 0. The van der Waals surface area contributed by atoms with Crippen LogP contribution in [0.15, 0.2) is 41.3 Å². The first-order valence-electron chi connectivity index (χ1n) is 7.12. The molecule has 0 radical (unpaired) electrons. The molecule has 0 aliphatic carbocycles. The second kappa shape index (κ2) is 5.83. The summed E-state index contributed by atoms with van der Waals surface area (Å²) in [4.78, 5) is 18.5. The lowest BCUT2D eigenvalue weighted by molar-refractivity contribution is -0.162. The van der Waals surface area contributed by atoms with E-state index >= 15 is 0 Å². The van der Waals surface area contributed by atoms with Crippen molar-refractivity contribution in [2.24, 2.45) is 4.99 Å². The monoisotopic (exact) mass is 290 g/mol. The topological polar surface area (TPSA) is 60.4 Å². The van der Waals surface area contributed by atoms with Crippen molar-refractivity contribution in [1.29, 1.82) is 0 Å². The summed E-state index contributed by atoms with van der Waals surface area (Å²) >= 11 is 0. The molecular weight excluding hydrogens is 272 g/mol. The fraction of sp³-hybridized carbons (Fsp3) is 0.467. The van der Waals surface area contributed by atoms with E-state index < -0.39 is 12.3 Å². The number of cyclic esters (lactones) is 1. The van der Waals surface area contributed by atoms with Crippen LogP contribution in [0, 0.1) is 0 Å². The third kappa shape index (κ3) is 2.52. The highest BCUT2D eigenvalue weighted by atomic mass is 16.7. The van der Waals surface area contributed by atoms with Crippen LogP contribution in [0.2, 0.25) is 0 Å². The van der Waals surface area contributed by atoms with Crippen molar-refractivity contribution < 1.29 is 19.0 Å². The molecule has 112 valence electrons. The third-order valence-corrected chi connectivity index (χ3v) is 3.45. The smallest absolute Gasteiger partial charge is 0.338 e. The van der Waals surface area contributed by atoms with E-state index in [1.807, 2.05) is 49.3 Å². The average Bonchev–Trinajstić information content (AvgIpc) is 2.86. The Morgan fingerprint density at radius 2 is 2.10 bits per heavy atom. The van der Waals surface area contributed by atoms with Crippen LogP contribution in [0.4, 0.5) is 0 Å². The lowest BCUT2D eigenvalue weighted by atomic mass is 10.1. The minimum Gasteiger partial charge on any atom is -0.424 e. The highest BCUT2D eigenvalue weighted by molar-refractivity contribution is 6.00. The van der Waals surface area contributed by atoms with E-state index in [-0.39, 0.29) is 12.0 Å². The van der Waals surface area contributed by atoms with E-state index in [0.29, 0.717) is 19.0 Å². The number of esters is 1. The van der Waals surface area contributed by atoms with Gasteiger partial charge in [0.1, 0.15) is 5.84 Å². The summed E-state index contributed by atoms with van der Waals surface area (Å²) in [7, 11) is 0. The van der Waals surface area contributed by atoms with Crippen LogP contribution in [-0.4, -0.2) is 48.3 Å². The van der Waals surface area contributed by atoms with Gasteiger partial charge >= 0.3 is 5.97 Å². The van der Waals surface area contributed by atoms with Crippen LogP contribution in [0.25, 0.3) is 0 Å². The molecule has 0 spiro atoms. The van der Waals surface area contributed by atoms with Crippen LogP contribution in [0.3, 0.4) is 0 Å². The number of ether oxygens (including phenoxy) is 3. The molecule has 21 heavy (non-hydrogen) atoms. The zero-order chi connectivity index (χ0) is 14.8. The number of allylic oxidation sites excluding steroid dienone is 2. The Morgan fingerprint density at radius 3 is 2.81 bits per heavy atom. The lowest BCUT2D eigenvalue weighted by Gasteiger charge is -2.30. The molecule has 3 heterocycles. The van der Waals surface area contributed by atoms with Crippen molar-refractivity contribution in [1.82, 2.24) is 4.90 Å². The molecule has 6 nitrogen and oxygen atoms in total. The van der Waals surface area contributed by atoms with Gasteiger partial charge in [0.25, 0.3) is 0 Å². The number of carbonyl (C=O) groups excluding carboxylic acids is 1. The fourth-order valence-electron chi connectivity index (χ4n) is 2.56. The first-order chi connectivity index (χ1) is 10.2.